The summed E-state index contributed by atoms with van der Waals surface area (Å²) in [7, 11) is 0. The van der Waals surface area contributed by atoms with Gasteiger partial charge in [-0.3, -0.25) is 4.79 Å². The van der Waals surface area contributed by atoms with Crippen LogP contribution in [0.2, 0.25) is 0 Å². The second-order valence-electron chi connectivity index (χ2n) is 3.41. The largest absolute Gasteiger partial charge is 0.505 e. The highest BCUT2D eigenvalue weighted by Gasteiger charge is 2.15. The molecular formula is C11H7FN2O4. The summed E-state index contributed by atoms with van der Waals surface area (Å²) in [6.07, 6.45) is 0. The van der Waals surface area contributed by atoms with E-state index in [1.165, 1.54) is 18.2 Å². The van der Waals surface area contributed by atoms with E-state index in [2.05, 4.69) is 5.10 Å². The minimum absolute atomic E-state index is 0.0718. The first-order chi connectivity index (χ1) is 8.49. The molecule has 0 fully saturated rings. The van der Waals surface area contributed by atoms with Gasteiger partial charge < -0.3 is 10.2 Å². The molecule has 7 heteroatoms. The Kier molecular flexibility index (Phi) is 2.80. The first-order valence-corrected chi connectivity index (χ1v) is 4.81. The van der Waals surface area contributed by atoms with Crippen LogP contribution in [0.15, 0.2) is 35.1 Å². The molecule has 18 heavy (non-hydrogen) atoms. The number of halogens is 1. The molecule has 1 aromatic carbocycles. The number of benzene rings is 1. The monoisotopic (exact) mass is 250 g/mol. The van der Waals surface area contributed by atoms with Crippen molar-refractivity contribution in [3.05, 3.63) is 52.2 Å². The maximum atomic E-state index is 13.0. The zero-order valence-corrected chi connectivity index (χ0v) is 8.87. The van der Waals surface area contributed by atoms with Crippen molar-refractivity contribution >= 4 is 5.97 Å². The van der Waals surface area contributed by atoms with Gasteiger partial charge in [-0.2, -0.15) is 9.78 Å². The van der Waals surface area contributed by atoms with Crippen LogP contribution in [0, 0.1) is 5.82 Å². The number of aromatic nitrogens is 2. The highest BCUT2D eigenvalue weighted by Crippen LogP contribution is 2.12. The molecule has 0 atom stereocenters. The van der Waals surface area contributed by atoms with Gasteiger partial charge in [0.15, 0.2) is 5.75 Å². The standard InChI is InChI=1S/C11H7FN2O4/c12-6-2-1-3-7(4-6)14-9(16)5-8(15)10(13-14)11(17)18/h1-5,15H,(H,17,18). The fourth-order valence-corrected chi connectivity index (χ4v) is 1.39. The fourth-order valence-electron chi connectivity index (χ4n) is 1.39. The molecule has 92 valence electrons. The Labute approximate surface area is 99.5 Å². The van der Waals surface area contributed by atoms with Gasteiger partial charge in [-0.25, -0.2) is 9.18 Å². The summed E-state index contributed by atoms with van der Waals surface area (Å²) in [6.45, 7) is 0. The SMILES string of the molecule is O=C(O)c1nn(-c2cccc(F)c2)c(=O)cc1O. The molecular weight excluding hydrogens is 243 g/mol. The Morgan fingerprint density at radius 3 is 2.67 bits per heavy atom. The van der Waals surface area contributed by atoms with Crippen molar-refractivity contribution in [3.63, 3.8) is 0 Å². The highest BCUT2D eigenvalue weighted by atomic mass is 19.1. The lowest BCUT2D eigenvalue weighted by Crippen LogP contribution is -2.23. The summed E-state index contributed by atoms with van der Waals surface area (Å²) >= 11 is 0. The highest BCUT2D eigenvalue weighted by molar-refractivity contribution is 5.88. The molecule has 0 bridgehead atoms. The van der Waals surface area contributed by atoms with Crippen LogP contribution in [0.3, 0.4) is 0 Å². The van der Waals surface area contributed by atoms with E-state index < -0.39 is 28.8 Å². The predicted molar refractivity (Wildman–Crippen MR) is 58.4 cm³/mol. The van der Waals surface area contributed by atoms with Crippen LogP contribution in [-0.2, 0) is 0 Å². The van der Waals surface area contributed by atoms with Crippen molar-refractivity contribution < 1.29 is 19.4 Å². The average Bonchev–Trinajstić information content (AvgIpc) is 2.28. The zero-order chi connectivity index (χ0) is 13.3. The molecule has 0 amide bonds. The van der Waals surface area contributed by atoms with Crippen LogP contribution in [0.25, 0.3) is 5.69 Å². The predicted octanol–water partition coefficient (Wildman–Crippen LogP) is 0.775. The number of carbonyl (C=O) groups is 1. The summed E-state index contributed by atoms with van der Waals surface area (Å²) in [4.78, 5) is 22.3. The van der Waals surface area contributed by atoms with Gasteiger partial charge in [-0.1, -0.05) is 6.07 Å². The number of nitrogens with zero attached hydrogens (tertiary/aromatic N) is 2. The average molecular weight is 250 g/mol. The van der Waals surface area contributed by atoms with Gasteiger partial charge in [-0.05, 0) is 18.2 Å². The van der Waals surface area contributed by atoms with E-state index in [0.29, 0.717) is 10.7 Å². The van der Waals surface area contributed by atoms with Gasteiger partial charge in [0, 0.05) is 6.07 Å². The third-order valence-corrected chi connectivity index (χ3v) is 2.17. The molecule has 1 aromatic heterocycles. The van der Waals surface area contributed by atoms with Crippen LogP contribution < -0.4 is 5.56 Å². The van der Waals surface area contributed by atoms with E-state index >= 15 is 0 Å². The quantitative estimate of drug-likeness (QED) is 0.821. The minimum Gasteiger partial charge on any atom is -0.505 e. The molecule has 2 N–H and O–H groups in total. The van der Waals surface area contributed by atoms with Gasteiger partial charge in [0.2, 0.25) is 5.69 Å². The zero-order valence-electron chi connectivity index (χ0n) is 8.87. The number of carboxylic acid groups (broad SMARTS) is 1. The molecule has 0 aliphatic carbocycles. The van der Waals surface area contributed by atoms with Gasteiger partial charge in [-0.15, -0.1) is 0 Å². The van der Waals surface area contributed by atoms with E-state index in [-0.39, 0.29) is 5.69 Å². The lowest BCUT2D eigenvalue weighted by molar-refractivity contribution is 0.0684. The molecule has 6 nitrogen and oxygen atoms in total. The Bertz CT molecular complexity index is 681. The first-order valence-electron chi connectivity index (χ1n) is 4.81. The lowest BCUT2D eigenvalue weighted by atomic mass is 10.3. The van der Waals surface area contributed by atoms with E-state index in [1.807, 2.05) is 0 Å². The maximum absolute atomic E-state index is 13.0. The van der Waals surface area contributed by atoms with E-state index in [1.54, 1.807) is 0 Å². The second kappa shape index (κ2) is 4.28. The molecule has 2 rings (SSSR count). The molecule has 0 radical (unpaired) electrons. The molecule has 0 aliphatic heterocycles. The van der Waals surface area contributed by atoms with Gasteiger partial charge in [0.1, 0.15) is 5.82 Å². The lowest BCUT2D eigenvalue weighted by Gasteiger charge is -2.06. The van der Waals surface area contributed by atoms with Crippen LogP contribution in [0.1, 0.15) is 10.5 Å². The van der Waals surface area contributed by atoms with E-state index in [9.17, 15) is 19.1 Å². The van der Waals surface area contributed by atoms with Gasteiger partial charge in [0.25, 0.3) is 5.56 Å². The third-order valence-electron chi connectivity index (χ3n) is 2.17. The molecule has 0 unspecified atom stereocenters. The summed E-state index contributed by atoms with van der Waals surface area (Å²) in [5, 5.41) is 21.5. The number of hydrogen-bond acceptors (Lipinski definition) is 4. The Balaban J connectivity index is 2.68. The van der Waals surface area contributed by atoms with E-state index in [0.717, 1.165) is 6.07 Å². The number of carboxylic acids is 1. The number of aromatic carboxylic acids is 1. The molecule has 2 aromatic rings. The number of hydrogen-bond donors (Lipinski definition) is 2. The summed E-state index contributed by atoms with van der Waals surface area (Å²) < 4.78 is 13.7. The third kappa shape index (κ3) is 2.05. The Hall–Kier alpha value is -2.70. The van der Waals surface area contributed by atoms with Crippen LogP contribution in [0.5, 0.6) is 5.75 Å². The molecule has 0 saturated heterocycles. The van der Waals surface area contributed by atoms with Crippen molar-refractivity contribution in [3.8, 4) is 11.4 Å². The molecule has 0 aliphatic rings. The van der Waals surface area contributed by atoms with Crippen LogP contribution in [0.4, 0.5) is 4.39 Å². The molecule has 0 spiro atoms. The summed E-state index contributed by atoms with van der Waals surface area (Å²) in [5.41, 5.74) is -1.37. The molecule has 0 saturated carbocycles. The van der Waals surface area contributed by atoms with E-state index in [4.69, 9.17) is 5.11 Å². The smallest absolute Gasteiger partial charge is 0.360 e. The number of rotatable bonds is 2. The fraction of sp³-hybridized carbons (Fsp3) is 0. The topological polar surface area (TPSA) is 92.4 Å². The van der Waals surface area contributed by atoms with Gasteiger partial charge in [0.05, 0.1) is 5.69 Å². The van der Waals surface area contributed by atoms with Crippen molar-refractivity contribution in [2.75, 3.05) is 0 Å². The van der Waals surface area contributed by atoms with Crippen molar-refractivity contribution in [2.24, 2.45) is 0 Å². The minimum atomic E-state index is -1.49. The van der Waals surface area contributed by atoms with Crippen LogP contribution >= 0.6 is 0 Å². The summed E-state index contributed by atoms with van der Waals surface area (Å²) in [6, 6.07) is 5.65. The Morgan fingerprint density at radius 1 is 1.33 bits per heavy atom. The van der Waals surface area contributed by atoms with Gasteiger partial charge >= 0.3 is 5.97 Å². The second-order valence-corrected chi connectivity index (χ2v) is 3.41. The van der Waals surface area contributed by atoms with Crippen molar-refractivity contribution in [1.82, 2.24) is 9.78 Å². The number of aromatic hydroxyl groups is 1. The maximum Gasteiger partial charge on any atom is 0.360 e. The first kappa shape index (κ1) is 11.8. The van der Waals surface area contributed by atoms with Crippen molar-refractivity contribution in [2.45, 2.75) is 0 Å². The normalized spacial score (nSPS) is 10.3. The summed E-state index contributed by atoms with van der Waals surface area (Å²) in [5.74, 6) is -2.82. The van der Waals surface area contributed by atoms with Crippen LogP contribution in [-0.4, -0.2) is 26.0 Å². The Morgan fingerprint density at radius 2 is 2.06 bits per heavy atom. The van der Waals surface area contributed by atoms with Crippen molar-refractivity contribution in [1.29, 1.82) is 0 Å². The molecule has 1 heterocycles.